The van der Waals surface area contributed by atoms with Crippen molar-refractivity contribution in [3.63, 3.8) is 0 Å². The van der Waals surface area contributed by atoms with E-state index < -0.39 is 86.7 Å². The Labute approximate surface area is 326 Å². The fourth-order valence-corrected chi connectivity index (χ4v) is 7.48. The van der Waals surface area contributed by atoms with Crippen LogP contribution < -0.4 is 31.7 Å². The summed E-state index contributed by atoms with van der Waals surface area (Å²) < 4.78 is 34.0. The quantitative estimate of drug-likeness (QED) is 0.0709. The Bertz CT molecular complexity index is 1800. The van der Waals surface area contributed by atoms with Crippen molar-refractivity contribution in [3.8, 4) is 16.9 Å². The third-order valence-electron chi connectivity index (χ3n) is 6.71. The van der Waals surface area contributed by atoms with Crippen LogP contribution in [0.5, 0.6) is 5.75 Å². The summed E-state index contributed by atoms with van der Waals surface area (Å²) in [6.45, 7) is 4.57. The Kier molecular flexibility index (Phi) is 18.6. The van der Waals surface area contributed by atoms with Crippen molar-refractivity contribution in [2.75, 3.05) is 23.0 Å². The normalized spacial score (nSPS) is 12.9. The van der Waals surface area contributed by atoms with Gasteiger partial charge in [0.15, 0.2) is 0 Å². The van der Waals surface area contributed by atoms with E-state index in [1.54, 1.807) is 0 Å². The van der Waals surface area contributed by atoms with E-state index in [0.717, 1.165) is 45.0 Å². The van der Waals surface area contributed by atoms with Gasteiger partial charge >= 0.3 is 5.97 Å². The third kappa shape index (κ3) is 15.1. The molecule has 0 fully saturated rings. The Morgan fingerprint density at radius 1 is 0.685 bits per heavy atom. The number of benzene rings is 2. The third-order valence-corrected chi connectivity index (χ3v) is 10.2. The fourth-order valence-electron chi connectivity index (χ4n) is 4.31. The van der Waals surface area contributed by atoms with Gasteiger partial charge in [0.2, 0.25) is 44.9 Å². The summed E-state index contributed by atoms with van der Waals surface area (Å²) in [5, 5.41) is 7.37. The molecule has 0 spiro atoms. The van der Waals surface area contributed by atoms with E-state index in [4.69, 9.17) is 10.5 Å². The number of hydrogen-bond donors (Lipinski definition) is 6. The minimum atomic E-state index is -1.44. The smallest absolute Gasteiger partial charge is 0.334 e. The number of nitrogens with one attached hydrogen (secondary N) is 4. The van der Waals surface area contributed by atoms with E-state index in [1.165, 1.54) is 13.0 Å². The second-order valence-electron chi connectivity index (χ2n) is 11.2. The maximum atomic E-state index is 14.8. The molecule has 0 aliphatic rings. The lowest BCUT2D eigenvalue weighted by Gasteiger charge is -2.20. The summed E-state index contributed by atoms with van der Waals surface area (Å²) in [6, 6.07) is 1.34. The number of hydrogen-bond acceptors (Lipinski definition) is 14. The summed E-state index contributed by atoms with van der Waals surface area (Å²) in [7, 11) is 0. The fraction of sp³-hybridized carbons (Fsp3) is 0.364. The van der Waals surface area contributed by atoms with Crippen molar-refractivity contribution in [2.45, 2.75) is 51.9 Å². The number of esters is 1. The monoisotopic (exact) mass is 829 g/mol. The van der Waals surface area contributed by atoms with Crippen LogP contribution in [0.3, 0.4) is 0 Å². The molecule has 0 bridgehead atoms. The van der Waals surface area contributed by atoms with Crippen molar-refractivity contribution >= 4 is 98.8 Å². The molecule has 0 saturated heterocycles. The standard InChI is InChI=1S/C33H37F2N5O10S4/c1-15(41)37-24(11-51)32(48)54-13-26(39-17(3)43)30(46)50-28-8-5-19(21-7-6-20(34)10-23(21)35)9-22(28)31(47)52-14-27(40-18(4)44)33(49)53-12-25(29(36)45)38-16(2)42/h5-10,24-27,51H,11-14H2,1-4H3,(H2,36,45)(H,37,41)(H,38,42)(H,39,43)(H,40,44). The SMILES string of the molecule is CC(=O)NC(CSC(=O)C(CSC(=O)c1cc(-c2ccc(F)cc2F)ccc1OC(=O)C(CSC(=O)C(CS)NC(C)=O)NC(C)=O)NC(C)=O)C(N)=O. The zero-order chi connectivity index (χ0) is 40.7. The maximum Gasteiger partial charge on any atom is 0.334 e. The van der Waals surface area contributed by atoms with Gasteiger partial charge in [-0.3, -0.25) is 38.4 Å². The molecular weight excluding hydrogens is 793 g/mol. The van der Waals surface area contributed by atoms with Crippen LogP contribution in [0.2, 0.25) is 0 Å². The van der Waals surface area contributed by atoms with Gasteiger partial charge in [0.1, 0.15) is 41.6 Å². The molecule has 6 N–H and O–H groups in total. The van der Waals surface area contributed by atoms with E-state index in [9.17, 15) is 51.9 Å². The molecule has 0 heterocycles. The van der Waals surface area contributed by atoms with Crippen LogP contribution in [0.4, 0.5) is 8.78 Å². The molecule has 0 aliphatic heterocycles. The topological polar surface area (TPSA) is 237 Å². The van der Waals surface area contributed by atoms with Gasteiger partial charge in [0.25, 0.3) is 0 Å². The van der Waals surface area contributed by atoms with Crippen LogP contribution in [-0.2, 0) is 38.4 Å². The summed E-state index contributed by atoms with van der Waals surface area (Å²) >= 11 is 5.72. The molecule has 292 valence electrons. The van der Waals surface area contributed by atoms with Gasteiger partial charge in [0, 0.05) is 62.3 Å². The van der Waals surface area contributed by atoms with Crippen molar-refractivity contribution in [1.82, 2.24) is 21.3 Å². The number of halogens is 2. The number of ether oxygens (including phenoxy) is 1. The van der Waals surface area contributed by atoms with E-state index in [0.29, 0.717) is 41.4 Å². The zero-order valence-electron chi connectivity index (χ0n) is 29.2. The van der Waals surface area contributed by atoms with Gasteiger partial charge in [-0.15, -0.1) is 0 Å². The summed E-state index contributed by atoms with van der Waals surface area (Å²) in [5.74, 6) is -7.70. The number of nitrogens with two attached hydrogens (primary N) is 1. The Morgan fingerprint density at radius 2 is 1.19 bits per heavy atom. The molecule has 0 saturated carbocycles. The van der Waals surface area contributed by atoms with E-state index in [-0.39, 0.29) is 45.5 Å². The van der Waals surface area contributed by atoms with Crippen molar-refractivity contribution < 1.29 is 56.7 Å². The Hall–Kier alpha value is -4.47. The lowest BCUT2D eigenvalue weighted by Crippen LogP contribution is -2.46. The second-order valence-corrected chi connectivity index (χ2v) is 14.6. The molecular formula is C33H37F2N5O10S4. The summed E-state index contributed by atoms with van der Waals surface area (Å²) in [5.41, 5.74) is 4.90. The first-order valence-corrected chi connectivity index (χ1v) is 19.2. The highest BCUT2D eigenvalue weighted by Gasteiger charge is 2.29. The molecule has 15 nitrogen and oxygen atoms in total. The number of carbonyl (C=O) groups excluding carboxylic acids is 9. The number of thioether (sulfide) groups is 3. The van der Waals surface area contributed by atoms with Crippen LogP contribution in [0.25, 0.3) is 11.1 Å². The van der Waals surface area contributed by atoms with Crippen LogP contribution in [-0.4, -0.2) is 98.0 Å². The maximum absolute atomic E-state index is 14.8. The number of thiol groups is 1. The van der Waals surface area contributed by atoms with Crippen LogP contribution >= 0.6 is 47.9 Å². The number of amides is 5. The lowest BCUT2D eigenvalue weighted by molar-refractivity contribution is -0.138. The molecule has 0 radical (unpaired) electrons. The van der Waals surface area contributed by atoms with Crippen molar-refractivity contribution in [1.29, 1.82) is 0 Å². The van der Waals surface area contributed by atoms with Gasteiger partial charge in [-0.25, -0.2) is 13.6 Å². The van der Waals surface area contributed by atoms with Gasteiger partial charge in [-0.2, -0.15) is 12.6 Å². The first-order chi connectivity index (χ1) is 25.3. The predicted molar refractivity (Wildman–Crippen MR) is 203 cm³/mol. The van der Waals surface area contributed by atoms with Gasteiger partial charge in [-0.1, -0.05) is 41.4 Å². The van der Waals surface area contributed by atoms with Crippen molar-refractivity contribution in [3.05, 3.63) is 53.6 Å². The molecule has 4 unspecified atom stereocenters. The molecule has 0 aliphatic carbocycles. The minimum absolute atomic E-state index is 0.0527. The van der Waals surface area contributed by atoms with Gasteiger partial charge in [0.05, 0.1) is 5.56 Å². The van der Waals surface area contributed by atoms with Crippen LogP contribution in [0, 0.1) is 11.6 Å². The molecule has 4 atom stereocenters. The number of primary amides is 1. The number of carbonyl (C=O) groups is 9. The first-order valence-electron chi connectivity index (χ1n) is 15.6. The average molecular weight is 830 g/mol. The molecule has 5 amide bonds. The second kappa shape index (κ2) is 22.0. The molecule has 21 heteroatoms. The van der Waals surface area contributed by atoms with E-state index in [2.05, 4.69) is 33.9 Å². The Morgan fingerprint density at radius 3 is 1.72 bits per heavy atom. The van der Waals surface area contributed by atoms with Crippen LogP contribution in [0.1, 0.15) is 38.1 Å². The van der Waals surface area contributed by atoms with Gasteiger partial charge in [-0.05, 0) is 29.8 Å². The largest absolute Gasteiger partial charge is 0.424 e. The van der Waals surface area contributed by atoms with Gasteiger partial charge < -0.3 is 31.7 Å². The van der Waals surface area contributed by atoms with Crippen molar-refractivity contribution in [2.24, 2.45) is 5.73 Å². The highest BCUT2D eigenvalue weighted by Crippen LogP contribution is 2.32. The Balaban J connectivity index is 2.43. The number of rotatable bonds is 18. The average Bonchev–Trinajstić information content (AvgIpc) is 3.08. The molecule has 2 aromatic rings. The first kappa shape index (κ1) is 45.7. The molecule has 0 aromatic heterocycles. The van der Waals surface area contributed by atoms with Crippen LogP contribution in [0.15, 0.2) is 36.4 Å². The summed E-state index contributed by atoms with van der Waals surface area (Å²) in [6.07, 6.45) is 0. The highest BCUT2D eigenvalue weighted by atomic mass is 32.2. The highest BCUT2D eigenvalue weighted by molar-refractivity contribution is 8.15. The summed E-state index contributed by atoms with van der Waals surface area (Å²) in [4.78, 5) is 111. The molecule has 54 heavy (non-hydrogen) atoms. The lowest BCUT2D eigenvalue weighted by atomic mass is 10.0. The zero-order valence-corrected chi connectivity index (χ0v) is 32.5. The predicted octanol–water partition coefficient (Wildman–Crippen LogP) is 1.36. The molecule has 2 aromatic carbocycles. The van der Waals surface area contributed by atoms with E-state index in [1.807, 2.05) is 0 Å². The van der Waals surface area contributed by atoms with E-state index >= 15 is 0 Å². The molecule has 2 rings (SSSR count). The minimum Gasteiger partial charge on any atom is -0.424 e.